The first-order valence-electron chi connectivity index (χ1n) is 9.83. The Bertz CT molecular complexity index is 1440. The molecule has 0 saturated carbocycles. The summed E-state index contributed by atoms with van der Waals surface area (Å²) in [5.41, 5.74) is -0.206. The van der Waals surface area contributed by atoms with E-state index in [0.717, 1.165) is 18.2 Å². The van der Waals surface area contributed by atoms with E-state index >= 15 is 0 Å². The Labute approximate surface area is 220 Å². The molecule has 0 fully saturated rings. The molecule has 176 valence electrons. The van der Waals surface area contributed by atoms with E-state index in [0.29, 0.717) is 11.1 Å². The molecule has 0 saturated heterocycles. The van der Waals surface area contributed by atoms with E-state index in [1.165, 1.54) is 29.6 Å². The van der Waals surface area contributed by atoms with Crippen LogP contribution in [0, 0.1) is 0 Å². The molecule has 0 unspecified atom stereocenters. The van der Waals surface area contributed by atoms with Crippen LogP contribution in [0.5, 0.6) is 11.5 Å². The van der Waals surface area contributed by atoms with Gasteiger partial charge in [0, 0.05) is 18.5 Å². The van der Waals surface area contributed by atoms with Crippen LogP contribution in [0.15, 0.2) is 68.6 Å². The smallest absolute Gasteiger partial charge is 0.871 e. The fraction of sp³-hybridized carbons (Fsp3) is 0.238. The van der Waals surface area contributed by atoms with Gasteiger partial charge in [-0.3, -0.25) is 4.55 Å². The molecule has 3 rings (SSSR count). The van der Waals surface area contributed by atoms with Crippen LogP contribution in [0.1, 0.15) is 13.8 Å². The van der Waals surface area contributed by atoms with Crippen molar-refractivity contribution in [2.24, 2.45) is 10.2 Å². The molecule has 0 amide bonds. The first-order chi connectivity index (χ1) is 15.5. The predicted molar refractivity (Wildman–Crippen MR) is 120 cm³/mol. The second-order valence-corrected chi connectivity index (χ2v) is 10.3. The number of ether oxygens (including phenoxy) is 1. The van der Waals surface area contributed by atoms with E-state index in [1.54, 1.807) is 26.0 Å². The molecule has 0 aliphatic heterocycles. The molecule has 0 bridgehead atoms. The molecule has 0 spiro atoms. The third-order valence-corrected chi connectivity index (χ3v) is 7.87. The minimum atomic E-state index is -4.59. The number of benzene rings is 3. The Hall–Kier alpha value is -2.06. The maximum Gasteiger partial charge on any atom is 1.00 e. The number of methoxy groups -OCH3 is 1. The van der Waals surface area contributed by atoms with Gasteiger partial charge >= 0.3 is 29.6 Å². The second kappa shape index (κ2) is 11.1. The number of rotatable bonds is 8. The Morgan fingerprint density at radius 3 is 2.24 bits per heavy atom. The van der Waals surface area contributed by atoms with Crippen LogP contribution in [0.25, 0.3) is 10.8 Å². The Balaban J connectivity index is 0.00000408. The Morgan fingerprint density at radius 1 is 0.971 bits per heavy atom. The molecule has 1 N–H and O–H groups in total. The van der Waals surface area contributed by atoms with Gasteiger partial charge in [-0.05, 0) is 47.9 Å². The number of fused-ring (bicyclic) bond motifs is 1. The summed E-state index contributed by atoms with van der Waals surface area (Å²) < 4.78 is 65.3. The molecule has 34 heavy (non-hydrogen) atoms. The zero-order chi connectivity index (χ0) is 24.4. The van der Waals surface area contributed by atoms with Crippen LogP contribution in [0.3, 0.4) is 0 Å². The zero-order valence-electron chi connectivity index (χ0n) is 19.1. The maximum absolute atomic E-state index is 12.7. The summed E-state index contributed by atoms with van der Waals surface area (Å²) >= 11 is 0. The van der Waals surface area contributed by atoms with E-state index in [9.17, 15) is 26.5 Å². The Morgan fingerprint density at radius 2 is 1.65 bits per heavy atom. The van der Waals surface area contributed by atoms with Crippen LogP contribution < -0.4 is 39.4 Å². The van der Waals surface area contributed by atoms with Crippen molar-refractivity contribution in [2.75, 3.05) is 20.2 Å². The second-order valence-electron chi connectivity index (χ2n) is 6.92. The molecule has 0 heterocycles. The molecular formula is C21H22N3NaO7S2. The molecule has 0 aliphatic rings. The van der Waals surface area contributed by atoms with Gasteiger partial charge in [-0.1, -0.05) is 25.7 Å². The topological polar surface area (TPSA) is 149 Å². The molecule has 3 aromatic carbocycles. The normalized spacial score (nSPS) is 12.3. The maximum atomic E-state index is 12.7. The fourth-order valence-electron chi connectivity index (χ4n) is 3.26. The number of sulfonamides is 1. The van der Waals surface area contributed by atoms with Crippen molar-refractivity contribution >= 4 is 42.3 Å². The van der Waals surface area contributed by atoms with Gasteiger partial charge in [0.15, 0.2) is 0 Å². The largest absolute Gasteiger partial charge is 1.00 e. The van der Waals surface area contributed by atoms with Crippen LogP contribution in [-0.2, 0) is 20.1 Å². The minimum Gasteiger partial charge on any atom is -0.871 e. The van der Waals surface area contributed by atoms with Gasteiger partial charge in [-0.25, -0.2) is 8.42 Å². The standard InChI is InChI=1S/C21H23N3O7S2.Na/c1-4-24(5-2)32(26,27)17-7-9-20(25)19(13-17)23-22-15-10-14-11-16(31-3)6-8-18(14)21(12-15)33(28,29)30;/h6-13,25H,4-5H2,1-3H3,(H,28,29,30);/q;+1/p-1. The fourth-order valence-corrected chi connectivity index (χ4v) is 5.47. The van der Waals surface area contributed by atoms with Gasteiger partial charge in [0.25, 0.3) is 10.1 Å². The first-order valence-corrected chi connectivity index (χ1v) is 12.7. The van der Waals surface area contributed by atoms with Crippen molar-refractivity contribution in [3.05, 3.63) is 48.5 Å². The number of nitrogens with zero attached hydrogens (tertiary/aromatic N) is 3. The molecule has 0 aromatic heterocycles. The van der Waals surface area contributed by atoms with Crippen molar-refractivity contribution in [3.63, 3.8) is 0 Å². The van der Waals surface area contributed by atoms with Crippen LogP contribution >= 0.6 is 0 Å². The summed E-state index contributed by atoms with van der Waals surface area (Å²) in [6, 6.07) is 10.6. The van der Waals surface area contributed by atoms with Crippen LogP contribution in [-0.4, -0.2) is 45.9 Å². The van der Waals surface area contributed by atoms with E-state index < -0.39 is 30.8 Å². The minimum absolute atomic E-state index is 0. The summed E-state index contributed by atoms with van der Waals surface area (Å²) in [5, 5.41) is 20.7. The van der Waals surface area contributed by atoms with Crippen LogP contribution in [0.2, 0.25) is 0 Å². The summed E-state index contributed by atoms with van der Waals surface area (Å²) in [7, 11) is -6.96. The number of azo groups is 1. The quantitative estimate of drug-likeness (QED) is 0.263. The molecular weight excluding hydrogens is 493 g/mol. The van der Waals surface area contributed by atoms with E-state index in [-0.39, 0.29) is 64.3 Å². The Kier molecular flexibility index (Phi) is 9.22. The van der Waals surface area contributed by atoms with Crippen molar-refractivity contribution in [3.8, 4) is 11.5 Å². The summed E-state index contributed by atoms with van der Waals surface area (Å²) in [4.78, 5) is -0.501. The number of hydrogen-bond acceptors (Lipinski definition) is 8. The van der Waals surface area contributed by atoms with Crippen molar-refractivity contribution < 1.29 is 60.8 Å². The molecule has 13 heteroatoms. The van der Waals surface area contributed by atoms with E-state index in [2.05, 4.69) is 10.2 Å². The zero-order valence-corrected chi connectivity index (χ0v) is 22.7. The number of hydrogen-bond donors (Lipinski definition) is 1. The van der Waals surface area contributed by atoms with Gasteiger partial charge in [0.1, 0.15) is 10.6 Å². The average Bonchev–Trinajstić information content (AvgIpc) is 2.77. The summed E-state index contributed by atoms with van der Waals surface area (Å²) in [6.45, 7) is 3.91. The van der Waals surface area contributed by atoms with Gasteiger partial charge in [-0.15, -0.1) is 0 Å². The summed E-state index contributed by atoms with van der Waals surface area (Å²) in [6.07, 6.45) is 0. The van der Waals surface area contributed by atoms with E-state index in [1.807, 2.05) is 0 Å². The molecule has 3 aromatic rings. The monoisotopic (exact) mass is 515 g/mol. The van der Waals surface area contributed by atoms with Crippen molar-refractivity contribution in [2.45, 2.75) is 23.6 Å². The third-order valence-electron chi connectivity index (χ3n) is 4.93. The average molecular weight is 516 g/mol. The molecule has 0 atom stereocenters. The summed E-state index contributed by atoms with van der Waals surface area (Å²) in [5.74, 6) is -0.108. The van der Waals surface area contributed by atoms with Gasteiger partial charge in [0.05, 0.1) is 23.4 Å². The van der Waals surface area contributed by atoms with Crippen molar-refractivity contribution in [1.82, 2.24) is 4.31 Å². The van der Waals surface area contributed by atoms with Gasteiger partial charge in [0.2, 0.25) is 10.0 Å². The third kappa shape index (κ3) is 5.95. The molecule has 10 nitrogen and oxygen atoms in total. The van der Waals surface area contributed by atoms with Crippen LogP contribution in [0.4, 0.5) is 11.4 Å². The van der Waals surface area contributed by atoms with Crippen molar-refractivity contribution in [1.29, 1.82) is 0 Å². The molecule has 0 aliphatic carbocycles. The SMILES string of the molecule is CCN(CC)S(=O)(=O)c1ccc([O-])c(N=Nc2cc(S(=O)(=O)O)c3ccc(OC)cc3c2)c1.[Na+]. The van der Waals surface area contributed by atoms with Gasteiger partial charge < -0.3 is 9.84 Å². The predicted octanol–water partition coefficient (Wildman–Crippen LogP) is 0.619. The first kappa shape index (κ1) is 28.2. The van der Waals surface area contributed by atoms with Gasteiger partial charge in [-0.2, -0.15) is 23.0 Å². The van der Waals surface area contributed by atoms with E-state index in [4.69, 9.17) is 4.74 Å². The molecule has 0 radical (unpaired) electrons.